The zero-order valence-electron chi connectivity index (χ0n) is 23.4. The molecule has 2 aromatic heterocycles. The summed E-state index contributed by atoms with van der Waals surface area (Å²) in [5.41, 5.74) is 17.4. The fourth-order valence-corrected chi connectivity index (χ4v) is 5.54. The Morgan fingerprint density at radius 3 is 2.46 bits per heavy atom. The third-order valence-corrected chi connectivity index (χ3v) is 7.96. The predicted molar refractivity (Wildman–Crippen MR) is 163 cm³/mol. The van der Waals surface area contributed by atoms with E-state index in [-0.39, 0.29) is 24.2 Å². The number of fused-ring (bicyclic) bond motifs is 1. The molecule has 9 nitrogen and oxygen atoms in total. The zero-order chi connectivity index (χ0) is 28.2. The van der Waals surface area contributed by atoms with Crippen molar-refractivity contribution >= 4 is 40.8 Å². The zero-order valence-corrected chi connectivity index (χ0v) is 24.2. The first-order valence-electron chi connectivity index (χ1n) is 13.8. The molecule has 5 N–H and O–H groups in total. The molecule has 0 aliphatic heterocycles. The molecule has 5 rings (SSSR count). The van der Waals surface area contributed by atoms with E-state index in [0.29, 0.717) is 43.3 Å². The van der Waals surface area contributed by atoms with Crippen LogP contribution in [0.2, 0.25) is 0 Å². The number of aromatic nitrogens is 3. The van der Waals surface area contributed by atoms with E-state index in [2.05, 4.69) is 15.2 Å². The summed E-state index contributed by atoms with van der Waals surface area (Å²) in [6, 6.07) is 16.3. The molecule has 1 fully saturated rings. The highest BCUT2D eigenvalue weighted by atomic mass is 35.5. The van der Waals surface area contributed by atoms with Crippen molar-refractivity contribution in [2.24, 2.45) is 23.3 Å². The minimum absolute atomic E-state index is 0. The first-order valence-corrected chi connectivity index (χ1v) is 13.8. The Bertz CT molecular complexity index is 1500. The average molecular weight is 577 g/mol. The number of carbonyl (C=O) groups is 2. The normalized spacial score (nSPS) is 17.5. The fourth-order valence-electron chi connectivity index (χ4n) is 5.54. The second-order valence-electron chi connectivity index (χ2n) is 10.6. The van der Waals surface area contributed by atoms with E-state index in [1.165, 1.54) is 4.90 Å². The van der Waals surface area contributed by atoms with Gasteiger partial charge in [-0.3, -0.25) is 14.7 Å². The van der Waals surface area contributed by atoms with Gasteiger partial charge in [-0.1, -0.05) is 24.3 Å². The number of anilines is 1. The predicted octanol–water partition coefficient (Wildman–Crippen LogP) is 4.56. The quantitative estimate of drug-likeness (QED) is 0.279. The van der Waals surface area contributed by atoms with Gasteiger partial charge in [0.1, 0.15) is 0 Å². The molecule has 2 heterocycles. The maximum Gasteiger partial charge on any atom is 0.251 e. The van der Waals surface area contributed by atoms with Crippen LogP contribution in [0.5, 0.6) is 5.88 Å². The maximum atomic E-state index is 13.8. The summed E-state index contributed by atoms with van der Waals surface area (Å²) in [5, 5.41) is 7.90. The molecule has 0 unspecified atom stereocenters. The Hall–Kier alpha value is -3.79. The molecular formula is C31H37ClN6O3. The van der Waals surface area contributed by atoms with Crippen LogP contribution in [-0.2, 0) is 16.0 Å². The second kappa shape index (κ2) is 13.2. The van der Waals surface area contributed by atoms with Crippen molar-refractivity contribution in [3.05, 3.63) is 72.1 Å². The average Bonchev–Trinajstić information content (AvgIpc) is 3.46. The summed E-state index contributed by atoms with van der Waals surface area (Å²) in [6.07, 6.45) is 5.21. The number of nitrogens with one attached hydrogen (secondary N) is 1. The molecule has 41 heavy (non-hydrogen) atoms. The van der Waals surface area contributed by atoms with Gasteiger partial charge in [0.15, 0.2) is 0 Å². The number of hydrogen-bond acceptors (Lipinski definition) is 7. The summed E-state index contributed by atoms with van der Waals surface area (Å²) in [5.74, 6) is 0.145. The van der Waals surface area contributed by atoms with Gasteiger partial charge >= 0.3 is 0 Å². The second-order valence-corrected chi connectivity index (χ2v) is 10.6. The number of imide groups is 1. The van der Waals surface area contributed by atoms with Crippen molar-refractivity contribution < 1.29 is 14.3 Å². The Labute approximate surface area is 246 Å². The number of methoxy groups -OCH3 is 1. The van der Waals surface area contributed by atoms with Gasteiger partial charge in [-0.05, 0) is 86.9 Å². The topological polar surface area (TPSA) is 140 Å². The molecule has 10 heteroatoms. The Kier molecular flexibility index (Phi) is 9.75. The number of halogens is 1. The summed E-state index contributed by atoms with van der Waals surface area (Å²) >= 11 is 0. The molecule has 2 aromatic carbocycles. The number of nitrogens with two attached hydrogens (primary N) is 2. The van der Waals surface area contributed by atoms with Gasteiger partial charge in [0.05, 0.1) is 30.6 Å². The smallest absolute Gasteiger partial charge is 0.251 e. The fraction of sp³-hybridized carbons (Fsp3) is 0.355. The summed E-state index contributed by atoms with van der Waals surface area (Å²) < 4.78 is 5.21. The van der Waals surface area contributed by atoms with Crippen LogP contribution in [0.1, 0.15) is 36.9 Å². The van der Waals surface area contributed by atoms with Crippen LogP contribution >= 0.6 is 12.4 Å². The minimum atomic E-state index is -0.892. The first kappa shape index (κ1) is 30.2. The molecule has 1 aliphatic rings. The van der Waals surface area contributed by atoms with Crippen molar-refractivity contribution in [3.63, 3.8) is 0 Å². The van der Waals surface area contributed by atoms with Gasteiger partial charge < -0.3 is 16.2 Å². The van der Waals surface area contributed by atoms with E-state index in [1.54, 1.807) is 25.4 Å². The SMILES string of the molecule is COc1ccc(-c2ccc(C[C@H](N)C(=O)N(c3ccc4cn[nH]c4c3)C(=O)[C@H]3CC[C@H](CN)CC3)cc2)c(C)n1.Cl. The molecule has 1 aliphatic carbocycles. The number of aromatic amines is 1. The third kappa shape index (κ3) is 6.59. The number of benzene rings is 2. The lowest BCUT2D eigenvalue weighted by Crippen LogP contribution is -2.50. The van der Waals surface area contributed by atoms with E-state index in [0.717, 1.165) is 46.1 Å². The van der Waals surface area contributed by atoms with E-state index >= 15 is 0 Å². The van der Waals surface area contributed by atoms with Crippen molar-refractivity contribution in [3.8, 4) is 17.0 Å². The highest BCUT2D eigenvalue weighted by molar-refractivity contribution is 6.17. The largest absolute Gasteiger partial charge is 0.481 e. The van der Waals surface area contributed by atoms with Gasteiger partial charge in [-0.15, -0.1) is 12.4 Å². The Balaban J connectivity index is 0.00000387. The number of aryl methyl sites for hydroxylation is 1. The van der Waals surface area contributed by atoms with Gasteiger partial charge in [0.25, 0.3) is 5.91 Å². The van der Waals surface area contributed by atoms with Crippen molar-refractivity contribution in [1.29, 1.82) is 0 Å². The van der Waals surface area contributed by atoms with Crippen molar-refractivity contribution in [2.45, 2.75) is 45.1 Å². The van der Waals surface area contributed by atoms with E-state index in [9.17, 15) is 9.59 Å². The van der Waals surface area contributed by atoms with Gasteiger partial charge in [-0.2, -0.15) is 5.10 Å². The van der Waals surface area contributed by atoms with Crippen LogP contribution in [0.15, 0.2) is 60.8 Å². The lowest BCUT2D eigenvalue weighted by molar-refractivity contribution is -0.130. The van der Waals surface area contributed by atoms with Gasteiger partial charge in [0, 0.05) is 28.6 Å². The third-order valence-electron chi connectivity index (χ3n) is 7.96. The van der Waals surface area contributed by atoms with Gasteiger partial charge in [0.2, 0.25) is 11.8 Å². The Morgan fingerprint density at radius 2 is 1.80 bits per heavy atom. The number of amides is 2. The number of pyridine rings is 1. The maximum absolute atomic E-state index is 13.8. The molecular weight excluding hydrogens is 540 g/mol. The van der Waals surface area contributed by atoms with Crippen molar-refractivity contribution in [1.82, 2.24) is 15.2 Å². The van der Waals surface area contributed by atoms with E-state index in [1.807, 2.05) is 49.4 Å². The molecule has 1 saturated carbocycles. The highest BCUT2D eigenvalue weighted by Crippen LogP contribution is 2.32. The van der Waals surface area contributed by atoms with Crippen LogP contribution in [0.25, 0.3) is 22.0 Å². The molecule has 0 bridgehead atoms. The number of hydrogen-bond donors (Lipinski definition) is 3. The monoisotopic (exact) mass is 576 g/mol. The molecule has 0 saturated heterocycles. The lowest BCUT2D eigenvalue weighted by Gasteiger charge is -2.32. The summed E-state index contributed by atoms with van der Waals surface area (Å²) in [7, 11) is 1.59. The minimum Gasteiger partial charge on any atom is -0.481 e. The van der Waals surface area contributed by atoms with Crippen LogP contribution in [-0.4, -0.2) is 46.7 Å². The highest BCUT2D eigenvalue weighted by Gasteiger charge is 2.35. The number of carbonyl (C=O) groups excluding carboxylic acids is 2. The first-order chi connectivity index (χ1) is 19.4. The summed E-state index contributed by atoms with van der Waals surface area (Å²) in [6.45, 7) is 2.56. The molecule has 4 aromatic rings. The summed E-state index contributed by atoms with van der Waals surface area (Å²) in [4.78, 5) is 33.4. The molecule has 2 amide bonds. The van der Waals surface area contributed by atoms with Crippen LogP contribution < -0.4 is 21.1 Å². The molecule has 0 spiro atoms. The van der Waals surface area contributed by atoms with Gasteiger partial charge in [-0.25, -0.2) is 9.88 Å². The van der Waals surface area contributed by atoms with Crippen LogP contribution in [0.4, 0.5) is 5.69 Å². The molecule has 0 radical (unpaired) electrons. The number of H-pyrrole nitrogens is 1. The van der Waals surface area contributed by atoms with Crippen LogP contribution in [0.3, 0.4) is 0 Å². The number of nitrogens with zero attached hydrogens (tertiary/aromatic N) is 3. The standard InChI is InChI=1S/C31H36N6O3.ClH/c1-19-26(13-14-29(35-19)40-2)22-7-3-20(4-8-22)15-27(33)31(39)37(25-12-11-24-18-34-36-28(24)16-25)30(38)23-9-5-21(17-32)6-10-23;/h3-4,7-8,11-14,16,18,21,23,27H,5-6,9-10,15,17,32-33H2,1-2H3,(H,34,36);1H/t21-,23-,27-;/m0./s1. The molecule has 216 valence electrons. The number of ether oxygens (including phenoxy) is 1. The van der Waals surface area contributed by atoms with Crippen molar-refractivity contribution in [2.75, 3.05) is 18.6 Å². The van der Waals surface area contributed by atoms with E-state index in [4.69, 9.17) is 16.2 Å². The number of rotatable bonds is 8. The van der Waals surface area contributed by atoms with Crippen LogP contribution in [0, 0.1) is 18.8 Å². The Morgan fingerprint density at radius 1 is 1.07 bits per heavy atom. The van der Waals surface area contributed by atoms with E-state index < -0.39 is 11.9 Å². The molecule has 1 atom stereocenters. The lowest BCUT2D eigenvalue weighted by atomic mass is 9.81.